The molecule has 2 aliphatic heterocycles. The zero-order valence-corrected chi connectivity index (χ0v) is 16.7. The minimum atomic E-state index is -0.372. The van der Waals surface area contributed by atoms with Crippen molar-refractivity contribution in [3.8, 4) is 0 Å². The van der Waals surface area contributed by atoms with E-state index in [1.54, 1.807) is 17.6 Å². The predicted octanol–water partition coefficient (Wildman–Crippen LogP) is 0.660. The molecule has 2 N–H and O–H groups in total. The van der Waals surface area contributed by atoms with Crippen molar-refractivity contribution in [1.82, 2.24) is 19.4 Å². The number of hydrogen-bond acceptors (Lipinski definition) is 5. The Labute approximate surface area is 168 Å². The van der Waals surface area contributed by atoms with Gasteiger partial charge in [0, 0.05) is 54.5 Å². The molecule has 8 nitrogen and oxygen atoms in total. The van der Waals surface area contributed by atoms with Crippen LogP contribution in [0, 0.1) is 19.8 Å². The van der Waals surface area contributed by atoms with Crippen LogP contribution in [0.4, 0.5) is 0 Å². The lowest BCUT2D eigenvalue weighted by molar-refractivity contribution is -0.134. The van der Waals surface area contributed by atoms with Crippen LogP contribution in [0.5, 0.6) is 0 Å². The number of fused-ring (bicyclic) bond motifs is 4. The molecule has 29 heavy (non-hydrogen) atoms. The van der Waals surface area contributed by atoms with Gasteiger partial charge in [-0.3, -0.25) is 9.59 Å². The Kier molecular flexibility index (Phi) is 5.12. The van der Waals surface area contributed by atoms with Gasteiger partial charge in [-0.2, -0.15) is 4.98 Å². The molecule has 3 atom stereocenters. The van der Waals surface area contributed by atoms with E-state index in [4.69, 9.17) is 0 Å². The molecular weight excluding hydrogens is 372 g/mol. The highest BCUT2D eigenvalue weighted by Gasteiger charge is 2.41. The molecular formula is C21H26N4O4. The highest BCUT2D eigenvalue weighted by molar-refractivity contribution is 5.76. The van der Waals surface area contributed by atoms with Crippen molar-refractivity contribution >= 4 is 5.91 Å². The molecule has 1 saturated heterocycles. The second kappa shape index (κ2) is 7.59. The molecule has 8 heteroatoms. The van der Waals surface area contributed by atoms with Gasteiger partial charge in [-0.15, -0.1) is 0 Å². The van der Waals surface area contributed by atoms with Crippen molar-refractivity contribution in [2.75, 3.05) is 19.7 Å². The number of carbonyl (C=O) groups is 1. The summed E-state index contributed by atoms with van der Waals surface area (Å²) >= 11 is 0. The molecule has 154 valence electrons. The summed E-state index contributed by atoms with van der Waals surface area (Å²) in [4.78, 5) is 45.3. The molecule has 1 amide bonds. The van der Waals surface area contributed by atoms with Crippen molar-refractivity contribution in [3.63, 3.8) is 0 Å². The Morgan fingerprint density at radius 2 is 2.07 bits per heavy atom. The molecule has 2 bridgehead atoms. The lowest BCUT2D eigenvalue weighted by Crippen LogP contribution is -2.51. The fourth-order valence-corrected chi connectivity index (χ4v) is 4.99. The molecule has 4 rings (SSSR count). The first-order valence-corrected chi connectivity index (χ1v) is 10.1. The number of likely N-dealkylation sites (tertiary alicyclic amines) is 1. The Hall–Kier alpha value is -2.74. The van der Waals surface area contributed by atoms with E-state index in [0.717, 1.165) is 23.4 Å². The number of rotatable bonds is 4. The van der Waals surface area contributed by atoms with Crippen molar-refractivity contribution in [3.05, 3.63) is 61.7 Å². The summed E-state index contributed by atoms with van der Waals surface area (Å²) in [6.07, 6.45) is 1.73. The van der Waals surface area contributed by atoms with E-state index < -0.39 is 0 Å². The number of aliphatic hydroxyl groups is 1. The maximum atomic E-state index is 13.0. The Balaban J connectivity index is 1.52. The highest BCUT2D eigenvalue weighted by atomic mass is 16.3. The lowest BCUT2D eigenvalue weighted by atomic mass is 9.78. The molecule has 2 aromatic rings. The molecule has 0 radical (unpaired) electrons. The van der Waals surface area contributed by atoms with Crippen LogP contribution in [0.1, 0.15) is 47.4 Å². The minimum Gasteiger partial charge on any atom is -0.394 e. The average Bonchev–Trinajstić information content (AvgIpc) is 2.68. The van der Waals surface area contributed by atoms with Crippen LogP contribution < -0.4 is 11.2 Å². The van der Waals surface area contributed by atoms with E-state index >= 15 is 0 Å². The first kappa shape index (κ1) is 19.6. The number of aromatic amines is 1. The number of hydrogen-bond donors (Lipinski definition) is 2. The number of piperidine rings is 1. The number of amides is 1. The molecule has 0 aromatic carbocycles. The van der Waals surface area contributed by atoms with Crippen LogP contribution in [-0.4, -0.2) is 50.1 Å². The smallest absolute Gasteiger partial charge is 0.345 e. The molecule has 2 aromatic heterocycles. The van der Waals surface area contributed by atoms with Crippen LogP contribution >= 0.6 is 0 Å². The first-order valence-electron chi connectivity index (χ1n) is 10.1. The number of nitrogens with zero attached hydrogens (tertiary/aromatic N) is 3. The first-order chi connectivity index (χ1) is 13.9. The fraction of sp³-hybridized carbons (Fsp3) is 0.524. The number of aromatic nitrogens is 3. The average molecular weight is 398 g/mol. The third-order valence-corrected chi connectivity index (χ3v) is 6.38. The molecule has 0 saturated carbocycles. The predicted molar refractivity (Wildman–Crippen MR) is 107 cm³/mol. The van der Waals surface area contributed by atoms with Gasteiger partial charge in [0.15, 0.2) is 0 Å². The summed E-state index contributed by atoms with van der Waals surface area (Å²) < 4.78 is 1.72. The van der Waals surface area contributed by atoms with Gasteiger partial charge in [-0.25, -0.2) is 4.79 Å². The summed E-state index contributed by atoms with van der Waals surface area (Å²) in [5.74, 6) is 0.217. The fourth-order valence-electron chi connectivity index (χ4n) is 4.99. The number of nitrogens with one attached hydrogen (secondary N) is 1. The maximum Gasteiger partial charge on any atom is 0.345 e. The van der Waals surface area contributed by atoms with Crippen LogP contribution in [-0.2, 0) is 11.2 Å². The van der Waals surface area contributed by atoms with E-state index in [-0.39, 0.29) is 41.6 Å². The third kappa shape index (κ3) is 3.53. The Morgan fingerprint density at radius 1 is 1.28 bits per heavy atom. The van der Waals surface area contributed by atoms with Crippen LogP contribution in [0.3, 0.4) is 0 Å². The van der Waals surface area contributed by atoms with E-state index in [0.29, 0.717) is 31.6 Å². The maximum absolute atomic E-state index is 13.0. The third-order valence-electron chi connectivity index (χ3n) is 6.38. The lowest BCUT2D eigenvalue weighted by Gasteiger charge is -2.46. The normalized spacial score (nSPS) is 23.0. The highest BCUT2D eigenvalue weighted by Crippen LogP contribution is 2.40. The zero-order chi connectivity index (χ0) is 20.7. The minimum absolute atomic E-state index is 0.0492. The summed E-state index contributed by atoms with van der Waals surface area (Å²) in [7, 11) is 0. The van der Waals surface area contributed by atoms with Gasteiger partial charge in [0.05, 0.1) is 12.6 Å². The Bertz CT molecular complexity index is 1030. The molecule has 0 spiro atoms. The van der Waals surface area contributed by atoms with Crippen molar-refractivity contribution < 1.29 is 9.90 Å². The summed E-state index contributed by atoms with van der Waals surface area (Å²) in [5.41, 5.74) is 2.75. The van der Waals surface area contributed by atoms with E-state index in [9.17, 15) is 19.5 Å². The largest absolute Gasteiger partial charge is 0.394 e. The van der Waals surface area contributed by atoms with Gasteiger partial charge in [-0.1, -0.05) is 6.07 Å². The van der Waals surface area contributed by atoms with Crippen molar-refractivity contribution in [1.29, 1.82) is 0 Å². The molecule has 4 heterocycles. The SMILES string of the molecule is Cc1nc(=O)[nH]c(C)c1CCC(=O)N1C[C@H]2C[C@@H](C1)[C@H](CO)n1c2cccc1=O. The molecule has 0 unspecified atom stereocenters. The van der Waals surface area contributed by atoms with Gasteiger partial charge < -0.3 is 19.6 Å². The number of aliphatic hydroxyl groups excluding tert-OH is 1. The zero-order valence-electron chi connectivity index (χ0n) is 16.7. The number of aryl methyl sites for hydroxylation is 2. The monoisotopic (exact) mass is 398 g/mol. The van der Waals surface area contributed by atoms with Gasteiger partial charge in [-0.05, 0) is 38.3 Å². The van der Waals surface area contributed by atoms with E-state index in [2.05, 4.69) is 9.97 Å². The van der Waals surface area contributed by atoms with Crippen LogP contribution in [0.15, 0.2) is 27.8 Å². The number of H-pyrrole nitrogens is 1. The van der Waals surface area contributed by atoms with Crippen LogP contribution in [0.25, 0.3) is 0 Å². The van der Waals surface area contributed by atoms with Gasteiger partial charge >= 0.3 is 5.69 Å². The second-order valence-corrected chi connectivity index (χ2v) is 8.13. The van der Waals surface area contributed by atoms with Gasteiger partial charge in [0.25, 0.3) is 5.56 Å². The molecule has 0 aliphatic carbocycles. The molecule has 1 fully saturated rings. The van der Waals surface area contributed by atoms with Crippen molar-refractivity contribution in [2.45, 2.75) is 45.1 Å². The van der Waals surface area contributed by atoms with Gasteiger partial charge in [0.1, 0.15) is 0 Å². The van der Waals surface area contributed by atoms with E-state index in [1.807, 2.05) is 17.9 Å². The topological polar surface area (TPSA) is 108 Å². The van der Waals surface area contributed by atoms with E-state index in [1.165, 1.54) is 6.07 Å². The van der Waals surface area contributed by atoms with Crippen molar-refractivity contribution in [2.24, 2.45) is 5.92 Å². The number of carbonyl (C=O) groups excluding carboxylic acids is 1. The quantitative estimate of drug-likeness (QED) is 0.787. The molecule has 2 aliphatic rings. The number of pyridine rings is 1. The standard InChI is InChI=1S/C21H26N4O4/c1-12-16(13(2)23-21(29)22-12)6-7-19(27)24-9-14-8-15(10-24)18(11-26)25-17(14)4-3-5-20(25)28/h3-5,14-15,18,26H,6-11H2,1-2H3,(H,22,23,29)/t14-,15+,18+/m1/s1. The van der Waals surface area contributed by atoms with Gasteiger partial charge in [0.2, 0.25) is 5.91 Å². The van der Waals surface area contributed by atoms with Crippen LogP contribution in [0.2, 0.25) is 0 Å². The summed E-state index contributed by atoms with van der Waals surface area (Å²) in [6.45, 7) is 4.62. The Morgan fingerprint density at radius 3 is 2.79 bits per heavy atom. The summed E-state index contributed by atoms with van der Waals surface area (Å²) in [6, 6.07) is 4.91. The second-order valence-electron chi connectivity index (χ2n) is 8.13. The summed E-state index contributed by atoms with van der Waals surface area (Å²) in [5, 5.41) is 9.94.